The summed E-state index contributed by atoms with van der Waals surface area (Å²) in [6.07, 6.45) is -3.26. The van der Waals surface area contributed by atoms with E-state index in [0.29, 0.717) is 20.7 Å². The standard InChI is InChI=1S/C14H14Se.C6H7O3PSe/c1-3-7-13(8-4-1)11-15-12-14-9-5-2-6-10-14;7-10(8,11)9-6-4-2-1-3-5-6/h1-10H,11-12H2;1-5H,(H2,7,8,11). The Hall–Kier alpha value is -1.15. The average Bonchev–Trinajstić information content (AvgIpc) is 2.64. The zero-order chi connectivity index (χ0) is 18.7. The molecule has 2 N–H and O–H groups in total. The summed E-state index contributed by atoms with van der Waals surface area (Å²) < 4.78 is 4.77. The quantitative estimate of drug-likeness (QED) is 0.400. The van der Waals surface area contributed by atoms with Crippen molar-refractivity contribution in [2.24, 2.45) is 0 Å². The number of hydrogen-bond donors (Lipinski definition) is 2. The molecule has 0 aliphatic heterocycles. The molecule has 0 aliphatic rings. The first-order valence-corrected chi connectivity index (χ1v) is 14.2. The van der Waals surface area contributed by atoms with E-state index in [1.165, 1.54) is 21.8 Å². The third kappa shape index (κ3) is 9.52. The fourth-order valence-electron chi connectivity index (χ4n) is 2.05. The molecule has 136 valence electrons. The summed E-state index contributed by atoms with van der Waals surface area (Å²) in [6.45, 7) is 0. The summed E-state index contributed by atoms with van der Waals surface area (Å²) >= 11 is 2.85. The van der Waals surface area contributed by atoms with E-state index in [-0.39, 0.29) is 0 Å². The van der Waals surface area contributed by atoms with Crippen LogP contribution >= 0.6 is 6.19 Å². The Labute approximate surface area is 168 Å². The van der Waals surface area contributed by atoms with E-state index in [9.17, 15) is 0 Å². The Morgan fingerprint density at radius 2 is 1.08 bits per heavy atom. The van der Waals surface area contributed by atoms with Gasteiger partial charge in [0.2, 0.25) is 0 Å². The van der Waals surface area contributed by atoms with Gasteiger partial charge in [0.1, 0.15) is 0 Å². The molecule has 0 fully saturated rings. The van der Waals surface area contributed by atoms with Gasteiger partial charge in [-0.1, -0.05) is 0 Å². The van der Waals surface area contributed by atoms with Crippen LogP contribution in [0.5, 0.6) is 5.75 Å². The van der Waals surface area contributed by atoms with Crippen molar-refractivity contribution in [3.05, 3.63) is 102 Å². The first-order valence-electron chi connectivity index (χ1n) is 7.99. The van der Waals surface area contributed by atoms with E-state index in [1.807, 2.05) is 6.07 Å². The molecule has 0 atom stereocenters. The third-order valence-electron chi connectivity index (χ3n) is 3.19. The van der Waals surface area contributed by atoms with Crippen LogP contribution in [0.15, 0.2) is 91.0 Å². The molecule has 0 spiro atoms. The van der Waals surface area contributed by atoms with Gasteiger partial charge in [-0.2, -0.15) is 0 Å². The molecule has 3 aromatic rings. The molecular weight excluding hydrogens is 477 g/mol. The van der Waals surface area contributed by atoms with Crippen LogP contribution < -0.4 is 4.52 Å². The Balaban J connectivity index is 0.000000197. The molecule has 0 amide bonds. The summed E-state index contributed by atoms with van der Waals surface area (Å²) in [5, 5.41) is 2.48. The van der Waals surface area contributed by atoms with Crippen LogP contribution in [0.4, 0.5) is 0 Å². The van der Waals surface area contributed by atoms with Crippen LogP contribution in [0.25, 0.3) is 0 Å². The van der Waals surface area contributed by atoms with E-state index in [4.69, 9.17) is 14.3 Å². The van der Waals surface area contributed by atoms with E-state index < -0.39 is 6.19 Å². The van der Waals surface area contributed by atoms with E-state index in [2.05, 4.69) is 75.8 Å². The molecule has 0 aromatic heterocycles. The SMILES string of the molecule is OP(O)(=[Se])Oc1ccccc1.c1ccc(C[Se]Cc2ccccc2)cc1. The normalized spacial score (nSPS) is 10.5. The van der Waals surface area contributed by atoms with Crippen LogP contribution in [0.3, 0.4) is 0 Å². The zero-order valence-electron chi connectivity index (χ0n) is 14.1. The monoisotopic (exact) mass is 500 g/mol. The van der Waals surface area contributed by atoms with Crippen LogP contribution in [-0.2, 0) is 10.6 Å². The third-order valence-corrected chi connectivity index (χ3v) is 6.36. The Kier molecular flexibility index (Phi) is 9.39. The van der Waals surface area contributed by atoms with Gasteiger partial charge in [0.05, 0.1) is 0 Å². The molecular formula is C20H21O3PSe2. The van der Waals surface area contributed by atoms with Crippen LogP contribution in [0.1, 0.15) is 11.1 Å². The van der Waals surface area contributed by atoms with Gasteiger partial charge in [-0.3, -0.25) is 0 Å². The van der Waals surface area contributed by atoms with Crippen molar-refractivity contribution in [1.29, 1.82) is 0 Å². The fraction of sp³-hybridized carbons (Fsp3) is 0.100. The van der Waals surface area contributed by atoms with E-state index >= 15 is 0 Å². The molecule has 3 nitrogen and oxygen atoms in total. The van der Waals surface area contributed by atoms with Crippen molar-refractivity contribution < 1.29 is 14.3 Å². The molecule has 0 bridgehead atoms. The molecule has 0 saturated heterocycles. The number of rotatable bonds is 6. The second kappa shape index (κ2) is 11.5. The van der Waals surface area contributed by atoms with Gasteiger partial charge < -0.3 is 0 Å². The summed E-state index contributed by atoms with van der Waals surface area (Å²) in [7, 11) is 0. The van der Waals surface area contributed by atoms with Gasteiger partial charge >= 0.3 is 169 Å². The molecule has 26 heavy (non-hydrogen) atoms. The Morgan fingerprint density at radius 1 is 0.692 bits per heavy atom. The minimum atomic E-state index is -3.26. The maximum absolute atomic E-state index is 8.86. The molecule has 0 heterocycles. The minimum absolute atomic E-state index is 0.449. The maximum atomic E-state index is 8.86. The van der Waals surface area contributed by atoms with E-state index in [1.54, 1.807) is 24.3 Å². The predicted octanol–water partition coefficient (Wildman–Crippen LogP) is 3.99. The molecule has 0 unspecified atom stereocenters. The summed E-state index contributed by atoms with van der Waals surface area (Å²) in [6, 6.07) is 30.1. The van der Waals surface area contributed by atoms with Gasteiger partial charge in [0.25, 0.3) is 0 Å². The molecule has 6 heteroatoms. The van der Waals surface area contributed by atoms with Crippen LogP contribution in [-0.4, -0.2) is 39.8 Å². The topological polar surface area (TPSA) is 49.7 Å². The van der Waals surface area contributed by atoms with Gasteiger partial charge in [-0.05, 0) is 0 Å². The van der Waals surface area contributed by atoms with E-state index in [0.717, 1.165) is 0 Å². The zero-order valence-corrected chi connectivity index (χ0v) is 18.5. The molecule has 0 radical (unpaired) electrons. The van der Waals surface area contributed by atoms with Crippen molar-refractivity contribution in [2.45, 2.75) is 10.6 Å². The molecule has 0 saturated carbocycles. The first kappa shape index (κ1) is 21.2. The molecule has 3 rings (SSSR count). The number of benzene rings is 3. The molecule has 3 aromatic carbocycles. The Bertz CT molecular complexity index is 754. The first-order chi connectivity index (χ1) is 12.5. The van der Waals surface area contributed by atoms with Crippen molar-refractivity contribution in [3.8, 4) is 5.75 Å². The van der Waals surface area contributed by atoms with Gasteiger partial charge in [-0.15, -0.1) is 0 Å². The van der Waals surface area contributed by atoms with Crippen molar-refractivity contribution in [1.82, 2.24) is 0 Å². The van der Waals surface area contributed by atoms with Crippen LogP contribution in [0, 0.1) is 0 Å². The average molecular weight is 498 g/mol. The number of para-hydroxylation sites is 1. The van der Waals surface area contributed by atoms with Gasteiger partial charge in [-0.25, -0.2) is 0 Å². The van der Waals surface area contributed by atoms with Crippen LogP contribution in [0.2, 0.25) is 0 Å². The second-order valence-corrected chi connectivity index (χ2v) is 11.6. The van der Waals surface area contributed by atoms with Crippen molar-refractivity contribution in [3.63, 3.8) is 0 Å². The van der Waals surface area contributed by atoms with Crippen molar-refractivity contribution >= 4 is 36.2 Å². The van der Waals surface area contributed by atoms with Gasteiger partial charge in [0, 0.05) is 0 Å². The summed E-state index contributed by atoms with van der Waals surface area (Å²) in [4.78, 5) is 17.7. The second-order valence-electron chi connectivity index (χ2n) is 5.36. The number of hydrogen-bond acceptors (Lipinski definition) is 3. The van der Waals surface area contributed by atoms with Gasteiger partial charge in [0.15, 0.2) is 0 Å². The predicted molar refractivity (Wildman–Crippen MR) is 110 cm³/mol. The summed E-state index contributed by atoms with van der Waals surface area (Å²) in [5.41, 5.74) is 2.93. The van der Waals surface area contributed by atoms with Crippen molar-refractivity contribution in [2.75, 3.05) is 0 Å². The molecule has 0 aliphatic carbocycles. The Morgan fingerprint density at radius 3 is 1.46 bits per heavy atom. The fourth-order valence-corrected chi connectivity index (χ4v) is 5.00. The summed E-state index contributed by atoms with van der Waals surface area (Å²) in [5.74, 6) is 0.449.